The van der Waals surface area contributed by atoms with Crippen LogP contribution >= 0.6 is 0 Å². The quantitative estimate of drug-likeness (QED) is 0.712. The molecular weight excluding hydrogens is 243 g/mol. The molecule has 2 N–H and O–H groups in total. The van der Waals surface area contributed by atoms with Gasteiger partial charge in [0.25, 0.3) is 0 Å². The van der Waals surface area contributed by atoms with E-state index in [0.29, 0.717) is 6.42 Å². The van der Waals surface area contributed by atoms with E-state index in [1.165, 1.54) is 0 Å². The Kier molecular flexibility index (Phi) is 6.32. The Labute approximate surface area is 94.1 Å². The summed E-state index contributed by atoms with van der Waals surface area (Å²) in [6, 6.07) is 0. The highest BCUT2D eigenvalue weighted by molar-refractivity contribution is 7.92. The Hall–Kier alpha value is -0.300. The maximum atomic E-state index is 12.5. The molecule has 0 aromatic carbocycles. The highest BCUT2D eigenvalue weighted by atomic mass is 32.2. The highest BCUT2D eigenvalue weighted by Crippen LogP contribution is 2.29. The van der Waals surface area contributed by atoms with Crippen molar-refractivity contribution in [3.05, 3.63) is 0 Å². The van der Waals surface area contributed by atoms with Gasteiger partial charge in [0.15, 0.2) is 15.1 Å². The van der Waals surface area contributed by atoms with Gasteiger partial charge in [-0.25, -0.2) is 8.42 Å². The maximum Gasteiger partial charge on any atom is 0.405 e. The number of unbranched alkanes of at least 4 members (excludes halogenated alkanes) is 2. The summed E-state index contributed by atoms with van der Waals surface area (Å²) in [7, 11) is -4.12. The van der Waals surface area contributed by atoms with E-state index in [-0.39, 0.29) is 13.0 Å². The standard InChI is InChI=1S/C9H18F3NO2S/c1-2-3-4-7-16(14,15)8(5-6-13)9(10,11)12/h8H,2-7,13H2,1H3. The van der Waals surface area contributed by atoms with Crippen LogP contribution in [0.2, 0.25) is 0 Å². The molecule has 98 valence electrons. The van der Waals surface area contributed by atoms with E-state index < -0.39 is 33.4 Å². The predicted molar refractivity (Wildman–Crippen MR) is 56.8 cm³/mol. The minimum atomic E-state index is -4.72. The fourth-order valence-corrected chi connectivity index (χ4v) is 3.19. The van der Waals surface area contributed by atoms with Crippen LogP contribution in [0.3, 0.4) is 0 Å². The lowest BCUT2D eigenvalue weighted by atomic mass is 10.3. The first-order valence-corrected chi connectivity index (χ1v) is 6.95. The van der Waals surface area contributed by atoms with Gasteiger partial charge in [0.2, 0.25) is 0 Å². The van der Waals surface area contributed by atoms with Crippen molar-refractivity contribution >= 4 is 9.84 Å². The molecule has 7 heteroatoms. The van der Waals surface area contributed by atoms with Crippen LogP contribution < -0.4 is 5.73 Å². The third-order valence-corrected chi connectivity index (χ3v) is 4.49. The molecule has 0 radical (unpaired) electrons. The van der Waals surface area contributed by atoms with E-state index in [1.54, 1.807) is 0 Å². The fraction of sp³-hybridized carbons (Fsp3) is 1.00. The molecule has 0 aromatic heterocycles. The van der Waals surface area contributed by atoms with Crippen LogP contribution in [0.4, 0.5) is 13.2 Å². The number of nitrogens with two attached hydrogens (primary N) is 1. The first-order chi connectivity index (χ1) is 7.25. The summed E-state index contributed by atoms with van der Waals surface area (Å²) in [4.78, 5) is 0. The average molecular weight is 261 g/mol. The number of alkyl halides is 3. The summed E-state index contributed by atoms with van der Waals surface area (Å²) in [5.41, 5.74) is 5.01. The van der Waals surface area contributed by atoms with Gasteiger partial charge in [-0.05, 0) is 19.4 Å². The number of hydrogen-bond donors (Lipinski definition) is 1. The second kappa shape index (κ2) is 6.44. The highest BCUT2D eigenvalue weighted by Gasteiger charge is 2.47. The minimum absolute atomic E-state index is 0.274. The van der Waals surface area contributed by atoms with Crippen LogP contribution in [0.1, 0.15) is 32.6 Å². The number of halogens is 3. The zero-order valence-corrected chi connectivity index (χ0v) is 10.1. The van der Waals surface area contributed by atoms with Gasteiger partial charge in [-0.15, -0.1) is 0 Å². The molecule has 0 saturated carbocycles. The Bertz CT molecular complexity index is 288. The van der Waals surface area contributed by atoms with Crippen LogP contribution in [0.5, 0.6) is 0 Å². The largest absolute Gasteiger partial charge is 0.405 e. The van der Waals surface area contributed by atoms with Gasteiger partial charge < -0.3 is 5.73 Å². The van der Waals surface area contributed by atoms with Gasteiger partial charge in [0.1, 0.15) is 0 Å². The van der Waals surface area contributed by atoms with Crippen LogP contribution in [0.25, 0.3) is 0 Å². The second-order valence-corrected chi connectivity index (χ2v) is 5.98. The summed E-state index contributed by atoms with van der Waals surface area (Å²) in [6.45, 7) is 1.57. The predicted octanol–water partition coefficient (Wildman–Crippen LogP) is 1.87. The number of sulfone groups is 1. The zero-order valence-electron chi connectivity index (χ0n) is 9.26. The molecule has 0 aromatic rings. The molecule has 0 aliphatic rings. The lowest BCUT2D eigenvalue weighted by Crippen LogP contribution is -2.39. The smallest absolute Gasteiger partial charge is 0.330 e. The number of hydrogen-bond acceptors (Lipinski definition) is 3. The van der Waals surface area contributed by atoms with E-state index in [9.17, 15) is 21.6 Å². The van der Waals surface area contributed by atoms with Crippen molar-refractivity contribution in [3.8, 4) is 0 Å². The monoisotopic (exact) mass is 261 g/mol. The molecule has 16 heavy (non-hydrogen) atoms. The molecule has 0 saturated heterocycles. The molecule has 0 amide bonds. The summed E-state index contributed by atoms with van der Waals surface area (Å²) >= 11 is 0. The van der Waals surface area contributed by atoms with E-state index in [0.717, 1.165) is 6.42 Å². The van der Waals surface area contributed by atoms with Crippen molar-refractivity contribution in [2.24, 2.45) is 5.73 Å². The summed E-state index contributed by atoms with van der Waals surface area (Å²) in [6.07, 6.45) is -3.62. The van der Waals surface area contributed by atoms with Gasteiger partial charge in [0, 0.05) is 0 Å². The normalized spacial score (nSPS) is 15.1. The van der Waals surface area contributed by atoms with Crippen molar-refractivity contribution in [2.45, 2.75) is 44.0 Å². The summed E-state index contributed by atoms with van der Waals surface area (Å²) in [5.74, 6) is -0.412. The molecule has 0 fully saturated rings. The van der Waals surface area contributed by atoms with Crippen LogP contribution in [-0.2, 0) is 9.84 Å². The molecule has 1 atom stereocenters. The van der Waals surface area contributed by atoms with Crippen molar-refractivity contribution in [1.82, 2.24) is 0 Å². The van der Waals surface area contributed by atoms with Crippen LogP contribution in [-0.4, -0.2) is 32.1 Å². The molecule has 0 aliphatic carbocycles. The molecule has 0 heterocycles. The van der Waals surface area contributed by atoms with Gasteiger partial charge in [-0.1, -0.05) is 19.8 Å². The molecule has 0 rings (SSSR count). The summed E-state index contributed by atoms with van der Waals surface area (Å²) < 4.78 is 60.4. The first kappa shape index (κ1) is 15.7. The van der Waals surface area contributed by atoms with E-state index in [1.807, 2.05) is 6.92 Å². The molecule has 0 bridgehead atoms. The van der Waals surface area contributed by atoms with Crippen LogP contribution in [0.15, 0.2) is 0 Å². The second-order valence-electron chi connectivity index (χ2n) is 3.68. The van der Waals surface area contributed by atoms with Gasteiger partial charge >= 0.3 is 6.18 Å². The average Bonchev–Trinajstić information content (AvgIpc) is 2.12. The Morgan fingerprint density at radius 2 is 1.81 bits per heavy atom. The Morgan fingerprint density at radius 3 is 2.19 bits per heavy atom. The maximum absolute atomic E-state index is 12.5. The Balaban J connectivity index is 4.64. The Morgan fingerprint density at radius 1 is 1.25 bits per heavy atom. The fourth-order valence-electron chi connectivity index (χ4n) is 1.39. The summed E-state index contributed by atoms with van der Waals surface area (Å²) in [5, 5.41) is -2.30. The molecular formula is C9H18F3NO2S. The third kappa shape index (κ3) is 5.16. The molecule has 0 aliphatic heterocycles. The minimum Gasteiger partial charge on any atom is -0.330 e. The zero-order chi connectivity index (χ0) is 12.8. The van der Waals surface area contributed by atoms with Crippen molar-refractivity contribution < 1.29 is 21.6 Å². The van der Waals surface area contributed by atoms with E-state index in [4.69, 9.17) is 5.73 Å². The van der Waals surface area contributed by atoms with Gasteiger partial charge in [-0.2, -0.15) is 13.2 Å². The molecule has 0 spiro atoms. The SMILES string of the molecule is CCCCCS(=O)(=O)C(CCN)C(F)(F)F. The van der Waals surface area contributed by atoms with Gasteiger partial charge in [0.05, 0.1) is 5.75 Å². The topological polar surface area (TPSA) is 60.2 Å². The van der Waals surface area contributed by atoms with Gasteiger partial charge in [-0.3, -0.25) is 0 Å². The van der Waals surface area contributed by atoms with E-state index in [2.05, 4.69) is 0 Å². The van der Waals surface area contributed by atoms with Crippen molar-refractivity contribution in [1.29, 1.82) is 0 Å². The molecule has 1 unspecified atom stereocenters. The first-order valence-electron chi connectivity index (χ1n) is 5.24. The number of rotatable bonds is 7. The van der Waals surface area contributed by atoms with E-state index >= 15 is 0 Å². The third-order valence-electron chi connectivity index (χ3n) is 2.26. The lowest BCUT2D eigenvalue weighted by Gasteiger charge is -2.19. The lowest BCUT2D eigenvalue weighted by molar-refractivity contribution is -0.131. The van der Waals surface area contributed by atoms with Crippen molar-refractivity contribution in [3.63, 3.8) is 0 Å². The molecule has 3 nitrogen and oxygen atoms in total. The van der Waals surface area contributed by atoms with Crippen LogP contribution in [0, 0.1) is 0 Å². The van der Waals surface area contributed by atoms with Crippen molar-refractivity contribution in [2.75, 3.05) is 12.3 Å².